The molecule has 3 aromatic rings. The fraction of sp³-hybridized carbons (Fsp3) is 0.0870. The van der Waals surface area contributed by atoms with Gasteiger partial charge in [0.15, 0.2) is 28.7 Å². The Kier molecular flexibility index (Phi) is 6.97. The molecule has 35 heavy (non-hydrogen) atoms. The molecular weight excluding hydrogens is 466 g/mol. The van der Waals surface area contributed by atoms with E-state index < -0.39 is 64.0 Å². The third-order valence-corrected chi connectivity index (χ3v) is 4.71. The van der Waals surface area contributed by atoms with Crippen LogP contribution in [0.4, 0.5) is 0 Å². The summed E-state index contributed by atoms with van der Waals surface area (Å²) in [5.74, 6) is -8.07. The third-order valence-electron chi connectivity index (χ3n) is 4.71. The van der Waals surface area contributed by atoms with Crippen LogP contribution in [0, 0.1) is 0 Å². The second-order valence-corrected chi connectivity index (χ2v) is 7.28. The predicted octanol–water partition coefficient (Wildman–Crippen LogP) is 1.61. The number of esters is 2. The zero-order chi connectivity index (χ0) is 25.9. The average Bonchev–Trinajstić information content (AvgIpc) is 2.80. The maximum atomic E-state index is 12.5. The summed E-state index contributed by atoms with van der Waals surface area (Å²) in [6.45, 7) is 0. The summed E-state index contributed by atoms with van der Waals surface area (Å²) in [7, 11) is 0. The van der Waals surface area contributed by atoms with Gasteiger partial charge in [0.25, 0.3) is 0 Å². The Hall–Kier alpha value is -4.97. The van der Waals surface area contributed by atoms with Crippen molar-refractivity contribution in [2.75, 3.05) is 0 Å². The van der Waals surface area contributed by atoms with Gasteiger partial charge in [-0.05, 0) is 48.4 Å². The summed E-state index contributed by atoms with van der Waals surface area (Å²) in [5, 5.41) is 57.3. The lowest BCUT2D eigenvalue weighted by Gasteiger charge is -2.11. The number of carboxylic acids is 1. The van der Waals surface area contributed by atoms with E-state index in [2.05, 4.69) is 0 Å². The normalized spacial score (nSPS) is 11.5. The molecule has 0 radical (unpaired) electrons. The van der Waals surface area contributed by atoms with Crippen LogP contribution in [0.25, 0.3) is 0 Å². The number of nitrogens with two attached hydrogens (primary N) is 1. The third kappa shape index (κ3) is 5.69. The van der Waals surface area contributed by atoms with Crippen LogP contribution < -0.4 is 15.2 Å². The molecule has 0 aromatic heterocycles. The molecule has 3 aromatic carbocycles. The highest BCUT2D eigenvalue weighted by Crippen LogP contribution is 2.39. The van der Waals surface area contributed by atoms with Crippen molar-refractivity contribution < 1.29 is 54.5 Å². The van der Waals surface area contributed by atoms with Gasteiger partial charge in [0.2, 0.25) is 5.75 Å². The fourth-order valence-corrected chi connectivity index (χ4v) is 2.87. The quantitative estimate of drug-likeness (QED) is 0.144. The molecular formula is C23H19NO11. The Bertz CT molecular complexity index is 1280. The van der Waals surface area contributed by atoms with E-state index in [1.807, 2.05) is 0 Å². The van der Waals surface area contributed by atoms with Crippen molar-refractivity contribution in [1.29, 1.82) is 0 Å². The largest absolute Gasteiger partial charge is 0.504 e. The van der Waals surface area contributed by atoms with Gasteiger partial charge < -0.3 is 45.8 Å². The van der Waals surface area contributed by atoms with E-state index in [1.165, 1.54) is 24.3 Å². The topological polar surface area (TPSA) is 217 Å². The van der Waals surface area contributed by atoms with Crippen molar-refractivity contribution in [3.05, 3.63) is 65.2 Å². The number of hydrogen-bond donors (Lipinski definition) is 7. The standard InChI is InChI=1S/C23H19NO11/c24-14(21(30)31)5-10-1-3-13(4-2-10)34-22(32)12-8-17(27)20(29)18(9-12)35-23(33)11-6-15(25)19(28)16(26)7-11/h1-4,6-9,14,25-29H,5,24H2,(H,30,31). The number of carboxylic acid groups (broad SMARTS) is 1. The minimum Gasteiger partial charge on any atom is -0.504 e. The number of rotatable bonds is 7. The van der Waals surface area contributed by atoms with Crippen LogP contribution >= 0.6 is 0 Å². The average molecular weight is 485 g/mol. The molecule has 0 amide bonds. The zero-order valence-corrected chi connectivity index (χ0v) is 17.7. The minimum absolute atomic E-state index is 0.0563. The highest BCUT2D eigenvalue weighted by molar-refractivity contribution is 5.95. The van der Waals surface area contributed by atoms with Gasteiger partial charge in [0.1, 0.15) is 11.8 Å². The molecule has 1 unspecified atom stereocenters. The maximum absolute atomic E-state index is 12.5. The second kappa shape index (κ2) is 9.89. The SMILES string of the molecule is NC(Cc1ccc(OC(=O)c2cc(O)c(O)c(OC(=O)c3cc(O)c(O)c(O)c3)c2)cc1)C(=O)O. The van der Waals surface area contributed by atoms with Gasteiger partial charge in [-0.3, -0.25) is 4.79 Å². The number of aliphatic carboxylic acids is 1. The molecule has 0 saturated heterocycles. The first-order valence-electron chi connectivity index (χ1n) is 9.79. The van der Waals surface area contributed by atoms with Gasteiger partial charge in [-0.25, -0.2) is 9.59 Å². The van der Waals surface area contributed by atoms with Gasteiger partial charge in [-0.1, -0.05) is 12.1 Å². The number of ether oxygens (including phenoxy) is 2. The van der Waals surface area contributed by atoms with Crippen molar-refractivity contribution in [3.63, 3.8) is 0 Å². The Balaban J connectivity index is 1.77. The number of benzene rings is 3. The highest BCUT2D eigenvalue weighted by atomic mass is 16.5. The number of hydrogen-bond acceptors (Lipinski definition) is 11. The van der Waals surface area contributed by atoms with E-state index in [1.54, 1.807) is 0 Å². The molecule has 0 saturated carbocycles. The van der Waals surface area contributed by atoms with E-state index in [-0.39, 0.29) is 17.7 Å². The van der Waals surface area contributed by atoms with E-state index in [4.69, 9.17) is 20.3 Å². The second-order valence-electron chi connectivity index (χ2n) is 7.28. The smallest absolute Gasteiger partial charge is 0.343 e. The lowest BCUT2D eigenvalue weighted by Crippen LogP contribution is -2.32. The van der Waals surface area contributed by atoms with Crippen LogP contribution in [0.1, 0.15) is 26.3 Å². The molecule has 182 valence electrons. The Labute approximate surface area is 196 Å². The number of phenolic OH excluding ortho intramolecular Hbond substituents is 5. The number of carbonyl (C=O) groups excluding carboxylic acids is 2. The number of phenols is 5. The van der Waals surface area contributed by atoms with Gasteiger partial charge in [-0.2, -0.15) is 0 Å². The zero-order valence-electron chi connectivity index (χ0n) is 17.7. The first kappa shape index (κ1) is 24.7. The van der Waals surface area contributed by atoms with Crippen molar-refractivity contribution in [2.24, 2.45) is 5.73 Å². The van der Waals surface area contributed by atoms with Crippen LogP contribution in [0.5, 0.6) is 40.2 Å². The van der Waals surface area contributed by atoms with Crippen molar-refractivity contribution in [1.82, 2.24) is 0 Å². The lowest BCUT2D eigenvalue weighted by molar-refractivity contribution is -0.138. The van der Waals surface area contributed by atoms with Gasteiger partial charge in [0, 0.05) is 0 Å². The fourth-order valence-electron chi connectivity index (χ4n) is 2.87. The summed E-state index contributed by atoms with van der Waals surface area (Å²) in [6.07, 6.45) is 0.0563. The highest BCUT2D eigenvalue weighted by Gasteiger charge is 2.21. The van der Waals surface area contributed by atoms with Crippen LogP contribution in [-0.4, -0.2) is 54.6 Å². The van der Waals surface area contributed by atoms with Crippen molar-refractivity contribution in [2.45, 2.75) is 12.5 Å². The van der Waals surface area contributed by atoms with E-state index >= 15 is 0 Å². The summed E-state index contributed by atoms with van der Waals surface area (Å²) in [6, 6.07) is 8.07. The minimum atomic E-state index is -1.20. The first-order valence-corrected chi connectivity index (χ1v) is 9.79. The molecule has 0 aliphatic heterocycles. The van der Waals surface area contributed by atoms with Crippen LogP contribution in [-0.2, 0) is 11.2 Å². The van der Waals surface area contributed by atoms with Crippen molar-refractivity contribution in [3.8, 4) is 40.2 Å². The van der Waals surface area contributed by atoms with E-state index in [0.29, 0.717) is 5.56 Å². The van der Waals surface area contributed by atoms with E-state index in [9.17, 15) is 39.9 Å². The molecule has 12 heteroatoms. The Morgan fingerprint density at radius 1 is 0.743 bits per heavy atom. The molecule has 3 rings (SSSR count). The predicted molar refractivity (Wildman–Crippen MR) is 117 cm³/mol. The van der Waals surface area contributed by atoms with Gasteiger partial charge in [0.05, 0.1) is 11.1 Å². The molecule has 1 atom stereocenters. The summed E-state index contributed by atoms with van der Waals surface area (Å²) in [5.41, 5.74) is 5.34. The van der Waals surface area contributed by atoms with Crippen LogP contribution in [0.2, 0.25) is 0 Å². The van der Waals surface area contributed by atoms with Crippen LogP contribution in [0.15, 0.2) is 48.5 Å². The maximum Gasteiger partial charge on any atom is 0.343 e. The summed E-state index contributed by atoms with van der Waals surface area (Å²) in [4.78, 5) is 35.7. The van der Waals surface area contributed by atoms with E-state index in [0.717, 1.165) is 24.3 Å². The molecule has 0 fully saturated rings. The lowest BCUT2D eigenvalue weighted by atomic mass is 10.1. The van der Waals surface area contributed by atoms with Gasteiger partial charge >= 0.3 is 17.9 Å². The molecule has 12 nitrogen and oxygen atoms in total. The van der Waals surface area contributed by atoms with Gasteiger partial charge in [-0.15, -0.1) is 0 Å². The Morgan fingerprint density at radius 2 is 1.23 bits per heavy atom. The summed E-state index contributed by atoms with van der Waals surface area (Å²) >= 11 is 0. The number of carbonyl (C=O) groups is 3. The monoisotopic (exact) mass is 485 g/mol. The van der Waals surface area contributed by atoms with Crippen LogP contribution in [0.3, 0.4) is 0 Å². The molecule has 0 heterocycles. The molecule has 0 spiro atoms. The van der Waals surface area contributed by atoms with Crippen molar-refractivity contribution >= 4 is 17.9 Å². The first-order chi connectivity index (χ1) is 16.5. The summed E-state index contributed by atoms with van der Waals surface area (Å²) < 4.78 is 10.1. The molecule has 0 bridgehead atoms. The molecule has 0 aliphatic carbocycles. The Morgan fingerprint density at radius 3 is 1.77 bits per heavy atom. The number of aromatic hydroxyl groups is 5. The molecule has 0 aliphatic rings. The molecule has 8 N–H and O–H groups in total.